The second-order valence-electron chi connectivity index (χ2n) is 9.29. The smallest absolute Gasteiger partial charge is 0.254 e. The molecule has 5 heteroatoms. The lowest BCUT2D eigenvalue weighted by atomic mass is 10.0. The quantitative estimate of drug-likeness (QED) is 0.380. The van der Waals surface area contributed by atoms with E-state index in [9.17, 15) is 4.79 Å². The summed E-state index contributed by atoms with van der Waals surface area (Å²) in [6.07, 6.45) is 1.98. The monoisotopic (exact) mass is 400 g/mol. The van der Waals surface area contributed by atoms with Crippen molar-refractivity contribution in [3.63, 3.8) is 0 Å². The number of aromatic nitrogens is 2. The second-order valence-corrected chi connectivity index (χ2v) is 9.29. The lowest BCUT2D eigenvalue weighted by molar-refractivity contribution is 0.0955. The van der Waals surface area contributed by atoms with Gasteiger partial charge in [0.15, 0.2) is 0 Å². The summed E-state index contributed by atoms with van der Waals surface area (Å²) in [4.78, 5) is 20.3. The molecule has 2 aromatic carbocycles. The fourth-order valence-corrected chi connectivity index (χ4v) is 4.30. The van der Waals surface area contributed by atoms with E-state index in [0.29, 0.717) is 12.1 Å². The van der Waals surface area contributed by atoms with Crippen molar-refractivity contribution < 1.29 is 4.79 Å². The van der Waals surface area contributed by atoms with Gasteiger partial charge >= 0.3 is 0 Å². The third kappa shape index (κ3) is 3.50. The Kier molecular flexibility index (Phi) is 4.44. The molecule has 4 N–H and O–H groups in total. The highest BCUT2D eigenvalue weighted by Crippen LogP contribution is 2.33. The Balaban J connectivity index is 1.57. The summed E-state index contributed by atoms with van der Waals surface area (Å²) in [6, 6.07) is 15.1. The molecule has 30 heavy (non-hydrogen) atoms. The van der Waals surface area contributed by atoms with Crippen LogP contribution in [0.25, 0.3) is 33.2 Å². The number of amides is 1. The van der Waals surface area contributed by atoms with Crippen molar-refractivity contribution in [2.24, 2.45) is 0 Å². The van der Waals surface area contributed by atoms with E-state index in [1.165, 1.54) is 16.5 Å². The highest BCUT2D eigenvalue weighted by molar-refractivity contribution is 6.12. The van der Waals surface area contributed by atoms with Gasteiger partial charge in [-0.2, -0.15) is 0 Å². The van der Waals surface area contributed by atoms with Crippen LogP contribution in [-0.4, -0.2) is 34.5 Å². The molecule has 1 aliphatic rings. The van der Waals surface area contributed by atoms with E-state index in [4.69, 9.17) is 0 Å². The molecule has 0 fully saturated rings. The summed E-state index contributed by atoms with van der Waals surface area (Å²) in [6.45, 7) is 7.68. The highest BCUT2D eigenvalue weighted by atomic mass is 16.1. The molecule has 154 valence electrons. The molecule has 0 spiro atoms. The number of fused-ring (bicyclic) bond motifs is 5. The van der Waals surface area contributed by atoms with Gasteiger partial charge in [-0.05, 0) is 69.0 Å². The van der Waals surface area contributed by atoms with Crippen LogP contribution in [0.15, 0.2) is 42.5 Å². The van der Waals surface area contributed by atoms with E-state index < -0.39 is 0 Å². The Morgan fingerprint density at radius 1 is 0.933 bits per heavy atom. The third-order valence-corrected chi connectivity index (χ3v) is 5.81. The maximum absolute atomic E-state index is 13.2. The fraction of sp³-hybridized carbons (Fsp3) is 0.320. The molecule has 0 radical (unpaired) electrons. The van der Waals surface area contributed by atoms with Gasteiger partial charge in [0.05, 0.1) is 17.0 Å². The Morgan fingerprint density at radius 3 is 2.50 bits per heavy atom. The number of hydrogen-bond donors (Lipinski definition) is 4. The highest BCUT2D eigenvalue weighted by Gasteiger charge is 2.22. The van der Waals surface area contributed by atoms with Gasteiger partial charge in [-0.15, -0.1) is 0 Å². The van der Waals surface area contributed by atoms with Crippen molar-refractivity contribution in [3.05, 3.63) is 59.2 Å². The number of carbonyl (C=O) groups is 1. The molecule has 0 atom stereocenters. The van der Waals surface area contributed by atoms with Crippen LogP contribution >= 0.6 is 0 Å². The van der Waals surface area contributed by atoms with Crippen molar-refractivity contribution in [1.29, 1.82) is 0 Å². The van der Waals surface area contributed by atoms with Crippen LogP contribution in [-0.2, 0) is 12.8 Å². The number of aryl methyl sites for hydroxylation is 2. The molecule has 1 amide bonds. The average Bonchev–Trinajstić information content (AvgIpc) is 3.29. The molecule has 1 aliphatic heterocycles. The molecular weight excluding hydrogens is 372 g/mol. The van der Waals surface area contributed by atoms with E-state index in [1.807, 2.05) is 0 Å². The largest absolute Gasteiger partial charge is 0.353 e. The van der Waals surface area contributed by atoms with E-state index in [2.05, 4.69) is 83.8 Å². The summed E-state index contributed by atoms with van der Waals surface area (Å²) < 4.78 is 0. The molecule has 5 rings (SSSR count). The lowest BCUT2D eigenvalue weighted by Gasteiger charge is -2.20. The van der Waals surface area contributed by atoms with Crippen LogP contribution in [0, 0.1) is 0 Å². The Hall–Kier alpha value is -3.05. The van der Waals surface area contributed by atoms with E-state index in [-0.39, 0.29) is 11.4 Å². The SMILES string of the molecule is CC(C)(C)NCCNC(=O)c1c2[nH]c3cc(ccc13)CCc1ccc3[nH]c-2cc3c1. The van der Waals surface area contributed by atoms with Gasteiger partial charge in [0.25, 0.3) is 5.91 Å². The van der Waals surface area contributed by atoms with Crippen molar-refractivity contribution in [1.82, 2.24) is 20.6 Å². The number of aromatic amines is 2. The number of rotatable bonds is 4. The van der Waals surface area contributed by atoms with Crippen molar-refractivity contribution >= 4 is 27.7 Å². The summed E-state index contributed by atoms with van der Waals surface area (Å²) in [7, 11) is 0. The van der Waals surface area contributed by atoms with Gasteiger partial charge in [-0.1, -0.05) is 18.2 Å². The van der Waals surface area contributed by atoms with E-state index in [1.54, 1.807) is 0 Å². The molecule has 0 saturated carbocycles. The first-order valence-electron chi connectivity index (χ1n) is 10.7. The first kappa shape index (κ1) is 18.9. The molecule has 5 nitrogen and oxygen atoms in total. The molecule has 4 aromatic rings. The van der Waals surface area contributed by atoms with Crippen molar-refractivity contribution in [2.75, 3.05) is 13.1 Å². The second kappa shape index (κ2) is 7.03. The number of H-pyrrole nitrogens is 2. The molecular formula is C25H28N4O. The zero-order chi connectivity index (χ0) is 20.9. The first-order chi connectivity index (χ1) is 14.4. The fourth-order valence-electron chi connectivity index (χ4n) is 4.30. The zero-order valence-corrected chi connectivity index (χ0v) is 17.8. The molecule has 3 heterocycles. The van der Waals surface area contributed by atoms with E-state index >= 15 is 0 Å². The zero-order valence-electron chi connectivity index (χ0n) is 17.8. The van der Waals surface area contributed by atoms with Crippen LogP contribution in [0.1, 0.15) is 42.3 Å². The van der Waals surface area contributed by atoms with Gasteiger partial charge < -0.3 is 20.6 Å². The lowest BCUT2D eigenvalue weighted by Crippen LogP contribution is -2.41. The minimum absolute atomic E-state index is 0.0303. The maximum atomic E-state index is 13.2. The predicted octanol–water partition coefficient (Wildman–Crippen LogP) is 4.53. The standard InChI is InChI=1S/C25H28N4O/c1-25(2,3)27-11-10-26-24(30)22-18-8-6-16-5-4-15-7-9-19-17(12-15)14-21(28-19)23(22)29-20(18)13-16/h6-9,12-14,27-29H,4-5,10-11H2,1-3H3,(H,26,30). The summed E-state index contributed by atoms with van der Waals surface area (Å²) in [5.41, 5.74) is 7.24. The normalized spacial score (nSPS) is 13.4. The maximum Gasteiger partial charge on any atom is 0.254 e. The van der Waals surface area contributed by atoms with Crippen molar-refractivity contribution in [3.8, 4) is 11.4 Å². The van der Waals surface area contributed by atoms with Crippen LogP contribution in [0.3, 0.4) is 0 Å². The topological polar surface area (TPSA) is 72.7 Å². The van der Waals surface area contributed by atoms with Crippen molar-refractivity contribution in [2.45, 2.75) is 39.2 Å². The van der Waals surface area contributed by atoms with Gasteiger partial charge in [-0.3, -0.25) is 4.79 Å². The minimum atomic E-state index is -0.0473. The van der Waals surface area contributed by atoms with Crippen LogP contribution in [0.2, 0.25) is 0 Å². The Labute approximate surface area is 176 Å². The molecule has 0 aliphatic carbocycles. The molecule has 6 bridgehead atoms. The summed E-state index contributed by atoms with van der Waals surface area (Å²) in [5.74, 6) is -0.0473. The number of carbonyl (C=O) groups excluding carboxylic acids is 1. The van der Waals surface area contributed by atoms with Gasteiger partial charge in [-0.25, -0.2) is 0 Å². The molecule has 0 saturated heterocycles. The van der Waals surface area contributed by atoms with Crippen LogP contribution < -0.4 is 10.6 Å². The third-order valence-electron chi connectivity index (χ3n) is 5.81. The molecule has 0 unspecified atom stereocenters. The van der Waals surface area contributed by atoms with Gasteiger partial charge in [0.1, 0.15) is 0 Å². The summed E-state index contributed by atoms with van der Waals surface area (Å²) >= 11 is 0. The average molecular weight is 401 g/mol. The van der Waals surface area contributed by atoms with E-state index in [0.717, 1.165) is 47.2 Å². The summed E-state index contributed by atoms with van der Waals surface area (Å²) in [5, 5.41) is 8.66. The number of hydrogen-bond acceptors (Lipinski definition) is 2. The Morgan fingerprint density at radius 2 is 1.70 bits per heavy atom. The number of nitrogens with one attached hydrogen (secondary N) is 4. The first-order valence-corrected chi connectivity index (χ1v) is 10.7. The minimum Gasteiger partial charge on any atom is -0.353 e. The van der Waals surface area contributed by atoms with Gasteiger partial charge in [0.2, 0.25) is 0 Å². The van der Waals surface area contributed by atoms with Crippen LogP contribution in [0.4, 0.5) is 0 Å². The van der Waals surface area contributed by atoms with Crippen LogP contribution in [0.5, 0.6) is 0 Å². The molecule has 2 aromatic heterocycles. The Bertz CT molecular complexity index is 1260. The predicted molar refractivity (Wildman–Crippen MR) is 123 cm³/mol. The number of benzene rings is 2. The van der Waals surface area contributed by atoms with Gasteiger partial charge in [0, 0.05) is 40.4 Å².